The molecule has 0 aliphatic heterocycles. The fourth-order valence-electron chi connectivity index (χ4n) is 1.24. The van der Waals surface area contributed by atoms with Gasteiger partial charge in [-0.25, -0.2) is 0 Å². The summed E-state index contributed by atoms with van der Waals surface area (Å²) in [4.78, 5) is 4.38. The van der Waals surface area contributed by atoms with Gasteiger partial charge in [0.15, 0.2) is 0 Å². The molecule has 0 fully saturated rings. The van der Waals surface area contributed by atoms with E-state index in [-0.39, 0.29) is 0 Å². The molecule has 1 aromatic rings. The first-order chi connectivity index (χ1) is 6.58. The van der Waals surface area contributed by atoms with Crippen LogP contribution in [0.25, 0.3) is 6.08 Å². The van der Waals surface area contributed by atoms with Gasteiger partial charge in [-0.05, 0) is 45.4 Å². The van der Waals surface area contributed by atoms with Gasteiger partial charge in [-0.3, -0.25) is 4.99 Å². The Morgan fingerprint density at radius 1 is 1.00 bits per heavy atom. The van der Waals surface area contributed by atoms with Crippen molar-refractivity contribution in [2.24, 2.45) is 4.99 Å². The summed E-state index contributed by atoms with van der Waals surface area (Å²) in [5.41, 5.74) is 4.65. The number of hydrogen-bond donors (Lipinski definition) is 0. The monoisotopic (exact) mass is 187 g/mol. The van der Waals surface area contributed by atoms with Crippen molar-refractivity contribution < 1.29 is 0 Å². The van der Waals surface area contributed by atoms with E-state index in [2.05, 4.69) is 37.0 Å². The molecule has 0 N–H and O–H groups in total. The lowest BCUT2D eigenvalue weighted by Crippen LogP contribution is -1.78. The van der Waals surface area contributed by atoms with Gasteiger partial charge in [0.2, 0.25) is 0 Å². The molecule has 0 aliphatic rings. The van der Waals surface area contributed by atoms with Crippen LogP contribution in [-0.2, 0) is 0 Å². The number of allylic oxidation sites excluding steroid dienone is 1. The second-order valence-corrected chi connectivity index (χ2v) is 3.87. The molecule has 0 bridgehead atoms. The van der Waals surface area contributed by atoms with Crippen molar-refractivity contribution in [2.45, 2.75) is 27.7 Å². The van der Waals surface area contributed by atoms with Crippen LogP contribution >= 0.6 is 0 Å². The zero-order valence-corrected chi connectivity index (χ0v) is 9.33. The van der Waals surface area contributed by atoms with Crippen LogP contribution in [0.2, 0.25) is 0 Å². The molecule has 0 aromatic heterocycles. The van der Waals surface area contributed by atoms with Crippen LogP contribution in [-0.4, -0.2) is 5.71 Å². The predicted octanol–water partition coefficient (Wildman–Crippen LogP) is 4.22. The van der Waals surface area contributed by atoms with E-state index >= 15 is 0 Å². The first-order valence-corrected chi connectivity index (χ1v) is 4.85. The minimum absolute atomic E-state index is 1.02. The number of rotatable bonds is 2. The lowest BCUT2D eigenvalue weighted by Gasteiger charge is -1.97. The smallest absolute Gasteiger partial charge is 0.0629 e. The van der Waals surface area contributed by atoms with Gasteiger partial charge in [0.25, 0.3) is 0 Å². The second-order valence-electron chi connectivity index (χ2n) is 3.87. The average Bonchev–Trinajstić information content (AvgIpc) is 2.06. The van der Waals surface area contributed by atoms with Crippen LogP contribution in [0.4, 0.5) is 5.69 Å². The molecule has 0 aliphatic carbocycles. The van der Waals surface area contributed by atoms with Crippen molar-refractivity contribution in [3.8, 4) is 0 Å². The van der Waals surface area contributed by atoms with Crippen LogP contribution < -0.4 is 0 Å². The Labute approximate surface area is 86.2 Å². The maximum atomic E-state index is 4.38. The van der Waals surface area contributed by atoms with Gasteiger partial charge in [-0.15, -0.1) is 0 Å². The molecule has 14 heavy (non-hydrogen) atoms. The summed E-state index contributed by atoms with van der Waals surface area (Å²) in [6.07, 6.45) is 2.16. The standard InChI is InChI=1S/C13H17N/c1-10(2)9-12-5-7-13(8-6-12)14-11(3)4/h5-9H,1-4H3. The molecular weight excluding hydrogens is 170 g/mol. The average molecular weight is 187 g/mol. The van der Waals surface area contributed by atoms with Crippen LogP contribution in [0.1, 0.15) is 33.3 Å². The molecule has 1 nitrogen and oxygen atoms in total. The Balaban J connectivity index is 2.89. The third kappa shape index (κ3) is 3.56. The van der Waals surface area contributed by atoms with E-state index in [4.69, 9.17) is 0 Å². The molecule has 1 rings (SSSR count). The Morgan fingerprint density at radius 3 is 2.00 bits per heavy atom. The Hall–Kier alpha value is -1.37. The van der Waals surface area contributed by atoms with E-state index < -0.39 is 0 Å². The van der Waals surface area contributed by atoms with Crippen LogP contribution in [0.3, 0.4) is 0 Å². The first kappa shape index (κ1) is 10.7. The zero-order chi connectivity index (χ0) is 10.6. The van der Waals surface area contributed by atoms with Crippen molar-refractivity contribution >= 4 is 17.5 Å². The fraction of sp³-hybridized carbons (Fsp3) is 0.308. The van der Waals surface area contributed by atoms with E-state index in [1.165, 1.54) is 11.1 Å². The highest BCUT2D eigenvalue weighted by Gasteiger charge is 1.90. The van der Waals surface area contributed by atoms with Gasteiger partial charge in [0.1, 0.15) is 0 Å². The minimum Gasteiger partial charge on any atom is -0.258 e. The largest absolute Gasteiger partial charge is 0.258 e. The molecule has 74 valence electrons. The highest BCUT2D eigenvalue weighted by molar-refractivity contribution is 5.82. The topological polar surface area (TPSA) is 12.4 Å². The molecule has 0 amide bonds. The molecule has 1 heteroatoms. The van der Waals surface area contributed by atoms with E-state index in [0.29, 0.717) is 0 Å². The molecule has 0 saturated heterocycles. The summed E-state index contributed by atoms with van der Waals surface area (Å²) in [5, 5.41) is 0. The van der Waals surface area contributed by atoms with Gasteiger partial charge in [0, 0.05) is 5.71 Å². The normalized spacial score (nSPS) is 9.43. The van der Waals surface area contributed by atoms with Gasteiger partial charge in [-0.2, -0.15) is 0 Å². The summed E-state index contributed by atoms with van der Waals surface area (Å²) < 4.78 is 0. The van der Waals surface area contributed by atoms with Crippen molar-refractivity contribution in [1.29, 1.82) is 0 Å². The van der Waals surface area contributed by atoms with E-state index in [1.54, 1.807) is 0 Å². The molecule has 0 unspecified atom stereocenters. The summed E-state index contributed by atoms with van der Waals surface area (Å²) in [5.74, 6) is 0. The zero-order valence-electron chi connectivity index (χ0n) is 9.33. The van der Waals surface area contributed by atoms with E-state index in [1.807, 2.05) is 26.0 Å². The maximum Gasteiger partial charge on any atom is 0.0629 e. The molecule has 0 saturated carbocycles. The van der Waals surface area contributed by atoms with Gasteiger partial charge in [-0.1, -0.05) is 23.8 Å². The van der Waals surface area contributed by atoms with Crippen LogP contribution in [0.5, 0.6) is 0 Å². The maximum absolute atomic E-state index is 4.38. The van der Waals surface area contributed by atoms with E-state index in [0.717, 1.165) is 11.4 Å². The fourth-order valence-corrected chi connectivity index (χ4v) is 1.24. The summed E-state index contributed by atoms with van der Waals surface area (Å²) >= 11 is 0. The first-order valence-electron chi connectivity index (χ1n) is 4.85. The summed E-state index contributed by atoms with van der Waals surface area (Å²) in [6, 6.07) is 8.27. The second kappa shape index (κ2) is 4.75. The summed E-state index contributed by atoms with van der Waals surface area (Å²) in [6.45, 7) is 8.21. The van der Waals surface area contributed by atoms with Gasteiger partial charge < -0.3 is 0 Å². The van der Waals surface area contributed by atoms with Crippen molar-refractivity contribution in [3.63, 3.8) is 0 Å². The molecule has 0 radical (unpaired) electrons. The highest BCUT2D eigenvalue weighted by atomic mass is 14.7. The lowest BCUT2D eigenvalue weighted by atomic mass is 10.1. The number of aliphatic imine (C=N–C) groups is 1. The van der Waals surface area contributed by atoms with E-state index in [9.17, 15) is 0 Å². The van der Waals surface area contributed by atoms with Crippen LogP contribution in [0, 0.1) is 0 Å². The summed E-state index contributed by atoms with van der Waals surface area (Å²) in [7, 11) is 0. The number of nitrogens with zero attached hydrogens (tertiary/aromatic N) is 1. The number of hydrogen-bond acceptors (Lipinski definition) is 1. The van der Waals surface area contributed by atoms with Crippen molar-refractivity contribution in [2.75, 3.05) is 0 Å². The third-order valence-electron chi connectivity index (χ3n) is 1.70. The Morgan fingerprint density at radius 2 is 1.57 bits per heavy atom. The molecule has 1 aromatic carbocycles. The Kier molecular flexibility index (Phi) is 3.63. The molecule has 0 spiro atoms. The van der Waals surface area contributed by atoms with Gasteiger partial charge >= 0.3 is 0 Å². The molecular formula is C13H17N. The third-order valence-corrected chi connectivity index (χ3v) is 1.70. The predicted molar refractivity (Wildman–Crippen MR) is 64.2 cm³/mol. The van der Waals surface area contributed by atoms with Crippen molar-refractivity contribution in [3.05, 3.63) is 35.4 Å². The minimum atomic E-state index is 1.02. The molecule has 0 atom stereocenters. The quantitative estimate of drug-likeness (QED) is 0.615. The molecule has 0 heterocycles. The number of benzene rings is 1. The van der Waals surface area contributed by atoms with Crippen molar-refractivity contribution in [1.82, 2.24) is 0 Å². The lowest BCUT2D eigenvalue weighted by molar-refractivity contribution is 1.41. The Bertz CT molecular complexity index is 310. The van der Waals surface area contributed by atoms with Gasteiger partial charge in [0.05, 0.1) is 5.69 Å². The highest BCUT2D eigenvalue weighted by Crippen LogP contribution is 2.15. The SMILES string of the molecule is CC(C)=Cc1ccc(N=C(C)C)cc1. The van der Waals surface area contributed by atoms with Crippen LogP contribution in [0.15, 0.2) is 34.8 Å².